The van der Waals surface area contributed by atoms with Gasteiger partial charge in [0.25, 0.3) is 0 Å². The Morgan fingerprint density at radius 1 is 1.13 bits per heavy atom. The van der Waals surface area contributed by atoms with Gasteiger partial charge in [0.1, 0.15) is 0 Å². The van der Waals surface area contributed by atoms with Crippen LogP contribution in [0.2, 0.25) is 0 Å². The summed E-state index contributed by atoms with van der Waals surface area (Å²) in [5, 5.41) is 5.51. The summed E-state index contributed by atoms with van der Waals surface area (Å²) in [5.41, 5.74) is 8.70. The number of carbonyl (C=O) groups is 3. The fourth-order valence-corrected chi connectivity index (χ4v) is 2.50. The number of hydrogen-bond donors (Lipinski definition) is 3. The Labute approximate surface area is 132 Å². The molecule has 3 amide bonds. The summed E-state index contributed by atoms with van der Waals surface area (Å²) in [7, 11) is 0. The highest BCUT2D eigenvalue weighted by Crippen LogP contribution is 2.24. The molecule has 0 bridgehead atoms. The maximum Gasteiger partial charge on any atom is 0.248 e. The second-order valence-corrected chi connectivity index (χ2v) is 5.38. The van der Waals surface area contributed by atoms with Crippen molar-refractivity contribution in [2.45, 2.75) is 12.8 Å². The highest BCUT2D eigenvalue weighted by Gasteiger charge is 2.18. The minimum atomic E-state index is -0.510. The lowest BCUT2D eigenvalue weighted by molar-refractivity contribution is -0.116. The van der Waals surface area contributed by atoms with Crippen molar-refractivity contribution in [2.75, 3.05) is 10.6 Å². The summed E-state index contributed by atoms with van der Waals surface area (Å²) < 4.78 is 0. The number of nitrogens with one attached hydrogen (secondary N) is 2. The van der Waals surface area contributed by atoms with E-state index in [1.54, 1.807) is 24.3 Å². The molecule has 0 unspecified atom stereocenters. The van der Waals surface area contributed by atoms with Crippen LogP contribution >= 0.6 is 0 Å². The number of anilines is 2. The predicted octanol–water partition coefficient (Wildman–Crippen LogP) is 1.46. The first kappa shape index (κ1) is 14.8. The Bertz CT molecular complexity index is 797. The van der Waals surface area contributed by atoms with Gasteiger partial charge in [0, 0.05) is 16.9 Å². The summed E-state index contributed by atoms with van der Waals surface area (Å²) in [5.74, 6) is -0.714. The number of primary amides is 1. The Kier molecular flexibility index (Phi) is 3.80. The van der Waals surface area contributed by atoms with Crippen LogP contribution in [-0.4, -0.2) is 17.7 Å². The molecule has 2 aromatic carbocycles. The van der Waals surface area contributed by atoms with Gasteiger partial charge in [0.2, 0.25) is 17.7 Å². The van der Waals surface area contributed by atoms with Gasteiger partial charge in [-0.3, -0.25) is 14.4 Å². The van der Waals surface area contributed by atoms with E-state index >= 15 is 0 Å². The minimum absolute atomic E-state index is 0.0313. The normalized spacial score (nSPS) is 12.4. The quantitative estimate of drug-likeness (QED) is 0.797. The third-order valence-electron chi connectivity index (χ3n) is 3.61. The molecule has 1 aliphatic heterocycles. The second kappa shape index (κ2) is 5.92. The van der Waals surface area contributed by atoms with E-state index in [1.165, 1.54) is 0 Å². The van der Waals surface area contributed by atoms with E-state index in [4.69, 9.17) is 5.73 Å². The lowest BCUT2D eigenvalue weighted by atomic mass is 10.1. The molecule has 0 aliphatic carbocycles. The molecule has 116 valence electrons. The SMILES string of the molecule is NC(=O)c1ccc(NC(=O)Cc2ccc3c(c2)CC(=O)N3)cc1. The van der Waals surface area contributed by atoms with E-state index < -0.39 is 5.91 Å². The molecule has 0 radical (unpaired) electrons. The zero-order valence-corrected chi connectivity index (χ0v) is 12.3. The van der Waals surface area contributed by atoms with Crippen molar-refractivity contribution in [3.63, 3.8) is 0 Å². The van der Waals surface area contributed by atoms with Gasteiger partial charge in [0.05, 0.1) is 12.8 Å². The largest absolute Gasteiger partial charge is 0.366 e. The first-order valence-electron chi connectivity index (χ1n) is 7.12. The van der Waals surface area contributed by atoms with Gasteiger partial charge in [-0.1, -0.05) is 12.1 Å². The van der Waals surface area contributed by atoms with Gasteiger partial charge in [0.15, 0.2) is 0 Å². The molecule has 23 heavy (non-hydrogen) atoms. The first-order chi connectivity index (χ1) is 11.0. The van der Waals surface area contributed by atoms with E-state index in [9.17, 15) is 14.4 Å². The molecule has 6 nitrogen and oxygen atoms in total. The Morgan fingerprint density at radius 3 is 2.57 bits per heavy atom. The van der Waals surface area contributed by atoms with Crippen molar-refractivity contribution in [3.8, 4) is 0 Å². The average Bonchev–Trinajstić information content (AvgIpc) is 2.87. The van der Waals surface area contributed by atoms with Crippen molar-refractivity contribution in [3.05, 3.63) is 59.2 Å². The van der Waals surface area contributed by atoms with Crippen molar-refractivity contribution < 1.29 is 14.4 Å². The molecule has 1 aliphatic rings. The summed E-state index contributed by atoms with van der Waals surface area (Å²) in [6.45, 7) is 0. The average molecular weight is 309 g/mol. The van der Waals surface area contributed by atoms with E-state index in [1.807, 2.05) is 18.2 Å². The van der Waals surface area contributed by atoms with Gasteiger partial charge < -0.3 is 16.4 Å². The van der Waals surface area contributed by atoms with Gasteiger partial charge in [-0.15, -0.1) is 0 Å². The number of hydrogen-bond acceptors (Lipinski definition) is 3. The van der Waals surface area contributed by atoms with Gasteiger partial charge in [-0.25, -0.2) is 0 Å². The van der Waals surface area contributed by atoms with Crippen molar-refractivity contribution in [1.29, 1.82) is 0 Å². The minimum Gasteiger partial charge on any atom is -0.366 e. The molecule has 6 heteroatoms. The number of carbonyl (C=O) groups excluding carboxylic acids is 3. The van der Waals surface area contributed by atoms with Crippen LogP contribution in [0, 0.1) is 0 Å². The number of benzene rings is 2. The number of amides is 3. The molecular formula is C17H15N3O3. The summed E-state index contributed by atoms with van der Waals surface area (Å²) in [6.07, 6.45) is 0.554. The van der Waals surface area contributed by atoms with Crippen molar-refractivity contribution in [1.82, 2.24) is 0 Å². The molecule has 0 saturated carbocycles. The highest BCUT2D eigenvalue weighted by atomic mass is 16.2. The predicted molar refractivity (Wildman–Crippen MR) is 86.1 cm³/mol. The van der Waals surface area contributed by atoms with E-state index in [0.29, 0.717) is 17.7 Å². The molecule has 0 atom stereocenters. The molecule has 2 aromatic rings. The van der Waals surface area contributed by atoms with Crippen LogP contribution in [0.5, 0.6) is 0 Å². The molecule has 4 N–H and O–H groups in total. The smallest absolute Gasteiger partial charge is 0.248 e. The van der Waals surface area contributed by atoms with E-state index in [-0.39, 0.29) is 18.2 Å². The Morgan fingerprint density at radius 2 is 1.87 bits per heavy atom. The van der Waals surface area contributed by atoms with Crippen LogP contribution < -0.4 is 16.4 Å². The van der Waals surface area contributed by atoms with Gasteiger partial charge in [-0.2, -0.15) is 0 Å². The van der Waals surface area contributed by atoms with E-state index in [2.05, 4.69) is 10.6 Å². The molecule has 0 spiro atoms. The van der Waals surface area contributed by atoms with Crippen LogP contribution in [-0.2, 0) is 22.4 Å². The third-order valence-corrected chi connectivity index (χ3v) is 3.61. The highest BCUT2D eigenvalue weighted by molar-refractivity contribution is 5.99. The Balaban J connectivity index is 1.64. The van der Waals surface area contributed by atoms with Gasteiger partial charge in [-0.05, 0) is 41.5 Å². The standard InChI is InChI=1S/C17H15N3O3/c18-17(23)11-2-4-13(5-3-11)19-15(21)8-10-1-6-14-12(7-10)9-16(22)20-14/h1-7H,8-9H2,(H2,18,23)(H,19,21)(H,20,22). The molecule has 0 fully saturated rings. The van der Waals surface area contributed by atoms with Crippen LogP contribution in [0.3, 0.4) is 0 Å². The fraction of sp³-hybridized carbons (Fsp3) is 0.118. The van der Waals surface area contributed by atoms with Crippen LogP contribution in [0.4, 0.5) is 11.4 Å². The molecular weight excluding hydrogens is 294 g/mol. The first-order valence-corrected chi connectivity index (χ1v) is 7.12. The Hall–Kier alpha value is -3.15. The van der Waals surface area contributed by atoms with E-state index in [0.717, 1.165) is 16.8 Å². The molecule has 0 saturated heterocycles. The second-order valence-electron chi connectivity index (χ2n) is 5.38. The molecule has 0 aromatic heterocycles. The summed E-state index contributed by atoms with van der Waals surface area (Å²) in [6, 6.07) is 11.9. The third kappa shape index (κ3) is 3.37. The zero-order valence-electron chi connectivity index (χ0n) is 12.3. The van der Waals surface area contributed by atoms with Crippen LogP contribution in [0.15, 0.2) is 42.5 Å². The number of rotatable bonds is 4. The van der Waals surface area contributed by atoms with Gasteiger partial charge >= 0.3 is 0 Å². The monoisotopic (exact) mass is 309 g/mol. The topological polar surface area (TPSA) is 101 Å². The zero-order chi connectivity index (χ0) is 16.4. The maximum absolute atomic E-state index is 12.1. The molecule has 3 rings (SSSR count). The fourth-order valence-electron chi connectivity index (χ4n) is 2.50. The van der Waals surface area contributed by atoms with Crippen LogP contribution in [0.1, 0.15) is 21.5 Å². The van der Waals surface area contributed by atoms with Crippen molar-refractivity contribution >= 4 is 29.1 Å². The number of nitrogens with two attached hydrogens (primary N) is 1. The maximum atomic E-state index is 12.1. The lowest BCUT2D eigenvalue weighted by Crippen LogP contribution is -2.15. The molecule has 1 heterocycles. The lowest BCUT2D eigenvalue weighted by Gasteiger charge is -2.07. The van der Waals surface area contributed by atoms with Crippen molar-refractivity contribution in [2.24, 2.45) is 5.73 Å². The summed E-state index contributed by atoms with van der Waals surface area (Å²) in [4.78, 5) is 34.4. The van der Waals surface area contributed by atoms with Crippen LogP contribution in [0.25, 0.3) is 0 Å². The summed E-state index contributed by atoms with van der Waals surface area (Å²) >= 11 is 0. The number of fused-ring (bicyclic) bond motifs is 1.